The monoisotopic (exact) mass is 340 g/mol. The minimum atomic E-state index is -0.453. The van der Waals surface area contributed by atoms with Crippen molar-refractivity contribution in [1.29, 1.82) is 0 Å². The van der Waals surface area contributed by atoms with Crippen LogP contribution in [0.1, 0.15) is 24.0 Å². The fourth-order valence-electron chi connectivity index (χ4n) is 2.56. The fraction of sp³-hybridized carbons (Fsp3) is 0.316. The van der Waals surface area contributed by atoms with Gasteiger partial charge in [0.1, 0.15) is 12.6 Å². The number of esters is 1. The highest BCUT2D eigenvalue weighted by molar-refractivity contribution is 5.76. The van der Waals surface area contributed by atoms with Gasteiger partial charge in [-0.3, -0.25) is 14.9 Å². The van der Waals surface area contributed by atoms with E-state index in [1.807, 2.05) is 30.3 Å². The van der Waals surface area contributed by atoms with Gasteiger partial charge < -0.3 is 10.1 Å². The molecule has 1 fully saturated rings. The van der Waals surface area contributed by atoms with Crippen molar-refractivity contribution in [3.63, 3.8) is 0 Å². The molecular weight excluding hydrogens is 320 g/mol. The summed E-state index contributed by atoms with van der Waals surface area (Å²) in [5.41, 5.74) is 1.82. The molecule has 0 aliphatic heterocycles. The van der Waals surface area contributed by atoms with Crippen molar-refractivity contribution in [2.45, 2.75) is 38.0 Å². The molecule has 2 aromatic carbocycles. The van der Waals surface area contributed by atoms with E-state index in [0.717, 1.165) is 24.0 Å². The van der Waals surface area contributed by atoms with Gasteiger partial charge in [0.15, 0.2) is 0 Å². The molecule has 0 radical (unpaired) electrons. The third kappa shape index (κ3) is 5.12. The molecule has 0 unspecified atom stereocenters. The first-order valence-electron chi connectivity index (χ1n) is 8.32. The first-order chi connectivity index (χ1) is 12.1. The molecule has 2 aromatic rings. The molecule has 6 nitrogen and oxygen atoms in total. The quantitative estimate of drug-likeness (QED) is 0.454. The number of hydrogen-bond donors (Lipinski definition) is 1. The molecule has 0 bridgehead atoms. The summed E-state index contributed by atoms with van der Waals surface area (Å²) in [7, 11) is 0. The SMILES string of the molecule is O=C(OCc1ccc([N+](=O)[O-])cc1)[C@H](Cc1ccccc1)NC1CC1. The van der Waals surface area contributed by atoms with Gasteiger partial charge in [-0.2, -0.15) is 0 Å². The van der Waals surface area contributed by atoms with Crippen LogP contribution >= 0.6 is 0 Å². The Bertz CT molecular complexity index is 727. The van der Waals surface area contributed by atoms with Crippen LogP contribution in [0.4, 0.5) is 5.69 Å². The Hall–Kier alpha value is -2.73. The third-order valence-electron chi connectivity index (χ3n) is 4.11. The van der Waals surface area contributed by atoms with Crippen molar-refractivity contribution in [1.82, 2.24) is 5.32 Å². The van der Waals surface area contributed by atoms with Crippen molar-refractivity contribution < 1.29 is 14.5 Å². The summed E-state index contributed by atoms with van der Waals surface area (Å²) in [6.45, 7) is 0.106. The van der Waals surface area contributed by atoms with E-state index < -0.39 is 4.92 Å². The van der Waals surface area contributed by atoms with Crippen LogP contribution in [-0.2, 0) is 22.6 Å². The fourth-order valence-corrected chi connectivity index (χ4v) is 2.56. The molecule has 0 saturated heterocycles. The van der Waals surface area contributed by atoms with Gasteiger partial charge in [0.2, 0.25) is 0 Å². The number of nitro groups is 1. The Morgan fingerprint density at radius 1 is 1.12 bits per heavy atom. The zero-order chi connectivity index (χ0) is 17.6. The van der Waals surface area contributed by atoms with E-state index in [9.17, 15) is 14.9 Å². The molecule has 3 rings (SSSR count). The predicted molar refractivity (Wildman–Crippen MR) is 93.0 cm³/mol. The minimum absolute atomic E-state index is 0.0208. The minimum Gasteiger partial charge on any atom is -0.460 e. The highest BCUT2D eigenvalue weighted by Crippen LogP contribution is 2.21. The Morgan fingerprint density at radius 2 is 1.80 bits per heavy atom. The number of nitro benzene ring substituents is 1. The second kappa shape index (κ2) is 7.90. The van der Waals surface area contributed by atoms with Gasteiger partial charge in [0, 0.05) is 18.2 Å². The van der Waals surface area contributed by atoms with Gasteiger partial charge in [-0.15, -0.1) is 0 Å². The number of non-ortho nitro benzene ring substituents is 1. The number of carbonyl (C=O) groups excluding carboxylic acids is 1. The predicted octanol–water partition coefficient (Wildman–Crippen LogP) is 3.00. The lowest BCUT2D eigenvalue weighted by Gasteiger charge is -2.17. The number of nitrogens with one attached hydrogen (secondary N) is 1. The van der Waals surface area contributed by atoms with Gasteiger partial charge in [0.25, 0.3) is 5.69 Å². The highest BCUT2D eigenvalue weighted by Gasteiger charge is 2.29. The smallest absolute Gasteiger partial charge is 0.323 e. The summed E-state index contributed by atoms with van der Waals surface area (Å²) in [5, 5.41) is 14.0. The third-order valence-corrected chi connectivity index (χ3v) is 4.11. The van der Waals surface area contributed by atoms with E-state index in [0.29, 0.717) is 12.5 Å². The molecule has 0 amide bonds. The maximum absolute atomic E-state index is 12.5. The number of ether oxygens (including phenoxy) is 1. The van der Waals surface area contributed by atoms with Crippen LogP contribution < -0.4 is 5.32 Å². The zero-order valence-electron chi connectivity index (χ0n) is 13.8. The van der Waals surface area contributed by atoms with Crippen LogP contribution in [0, 0.1) is 10.1 Å². The molecule has 1 saturated carbocycles. The van der Waals surface area contributed by atoms with Crippen molar-refractivity contribution in [3.8, 4) is 0 Å². The van der Waals surface area contributed by atoms with Gasteiger partial charge in [-0.25, -0.2) is 0 Å². The van der Waals surface area contributed by atoms with Crippen molar-refractivity contribution in [3.05, 3.63) is 75.8 Å². The van der Waals surface area contributed by atoms with Crippen LogP contribution in [0.3, 0.4) is 0 Å². The summed E-state index contributed by atoms with van der Waals surface area (Å²) < 4.78 is 5.42. The Balaban J connectivity index is 1.58. The van der Waals surface area contributed by atoms with Crippen LogP contribution in [0.2, 0.25) is 0 Å². The van der Waals surface area contributed by atoms with Crippen LogP contribution in [-0.4, -0.2) is 23.0 Å². The van der Waals surface area contributed by atoms with Gasteiger partial charge in [-0.05, 0) is 42.5 Å². The Kier molecular flexibility index (Phi) is 5.40. The molecule has 6 heteroatoms. The molecule has 25 heavy (non-hydrogen) atoms. The highest BCUT2D eigenvalue weighted by atomic mass is 16.6. The van der Waals surface area contributed by atoms with Gasteiger partial charge in [0.05, 0.1) is 4.92 Å². The number of rotatable bonds is 8. The lowest BCUT2D eigenvalue weighted by molar-refractivity contribution is -0.384. The second-order valence-electron chi connectivity index (χ2n) is 6.21. The lowest BCUT2D eigenvalue weighted by atomic mass is 10.1. The number of hydrogen-bond acceptors (Lipinski definition) is 5. The summed E-state index contributed by atoms with van der Waals surface area (Å²) in [6, 6.07) is 15.9. The number of benzene rings is 2. The first kappa shape index (κ1) is 17.1. The van der Waals surface area contributed by atoms with Crippen molar-refractivity contribution >= 4 is 11.7 Å². The standard InChI is InChI=1S/C19H20N2O4/c22-19(25-13-15-6-10-17(11-7-15)21(23)24)18(20-16-8-9-16)12-14-4-2-1-3-5-14/h1-7,10-11,16,18,20H,8-9,12-13H2/t18-/m0/s1. The summed E-state index contributed by atoms with van der Waals surface area (Å²) in [5.74, 6) is -0.297. The molecule has 0 spiro atoms. The summed E-state index contributed by atoms with van der Waals surface area (Å²) in [4.78, 5) is 22.7. The zero-order valence-corrected chi connectivity index (χ0v) is 13.8. The average Bonchev–Trinajstić information content (AvgIpc) is 3.44. The normalized spacial score (nSPS) is 14.7. The van der Waals surface area contributed by atoms with E-state index in [-0.39, 0.29) is 24.3 Å². The van der Waals surface area contributed by atoms with Crippen LogP contribution in [0.5, 0.6) is 0 Å². The van der Waals surface area contributed by atoms with Crippen molar-refractivity contribution in [2.24, 2.45) is 0 Å². The molecule has 0 aromatic heterocycles. The maximum Gasteiger partial charge on any atom is 0.323 e. The molecule has 0 heterocycles. The van der Waals surface area contributed by atoms with Crippen molar-refractivity contribution in [2.75, 3.05) is 0 Å². The second-order valence-corrected chi connectivity index (χ2v) is 6.21. The maximum atomic E-state index is 12.5. The van der Waals surface area contributed by atoms with E-state index in [4.69, 9.17) is 4.74 Å². The first-order valence-corrected chi connectivity index (χ1v) is 8.32. The van der Waals surface area contributed by atoms with E-state index in [2.05, 4.69) is 5.32 Å². The van der Waals surface area contributed by atoms with E-state index in [1.165, 1.54) is 12.1 Å². The Labute approximate surface area is 146 Å². The van der Waals surface area contributed by atoms with Gasteiger partial charge in [-0.1, -0.05) is 30.3 Å². The van der Waals surface area contributed by atoms with E-state index >= 15 is 0 Å². The van der Waals surface area contributed by atoms with Crippen LogP contribution in [0.15, 0.2) is 54.6 Å². The summed E-state index contributed by atoms with van der Waals surface area (Å²) in [6.07, 6.45) is 2.75. The molecule has 1 N–H and O–H groups in total. The Morgan fingerprint density at radius 3 is 2.40 bits per heavy atom. The largest absolute Gasteiger partial charge is 0.460 e. The van der Waals surface area contributed by atoms with E-state index in [1.54, 1.807) is 12.1 Å². The number of nitrogens with zero attached hydrogens (tertiary/aromatic N) is 1. The van der Waals surface area contributed by atoms with Crippen LogP contribution in [0.25, 0.3) is 0 Å². The molecule has 130 valence electrons. The molecule has 1 aliphatic carbocycles. The molecule has 1 atom stereocenters. The number of carbonyl (C=O) groups is 1. The molecule has 1 aliphatic rings. The summed E-state index contributed by atoms with van der Waals surface area (Å²) >= 11 is 0. The lowest BCUT2D eigenvalue weighted by Crippen LogP contribution is -2.41. The van der Waals surface area contributed by atoms with Gasteiger partial charge >= 0.3 is 5.97 Å². The topological polar surface area (TPSA) is 81.5 Å². The molecular formula is C19H20N2O4. The average molecular weight is 340 g/mol.